The minimum absolute atomic E-state index is 0.0584. The Morgan fingerprint density at radius 1 is 1.24 bits per heavy atom. The molecule has 2 aliphatic heterocycles. The van der Waals surface area contributed by atoms with E-state index < -0.39 is 10.0 Å². The third kappa shape index (κ3) is 5.52. The number of aromatic nitrogens is 1. The molecule has 4 rings (SSSR count). The van der Waals surface area contributed by atoms with E-state index in [9.17, 15) is 13.2 Å². The van der Waals surface area contributed by atoms with Crippen molar-refractivity contribution in [3.05, 3.63) is 53.9 Å². The van der Waals surface area contributed by atoms with Crippen LogP contribution in [0, 0.1) is 0 Å². The first-order valence-corrected chi connectivity index (χ1v) is 12.5. The second-order valence-corrected chi connectivity index (χ2v) is 10.00. The monoisotopic (exact) mass is 475 g/mol. The highest BCUT2D eigenvalue weighted by molar-refractivity contribution is 7.89. The summed E-state index contributed by atoms with van der Waals surface area (Å²) in [6.07, 6.45) is 5.16. The molecule has 1 aromatic carbocycles. The Morgan fingerprint density at radius 3 is 2.73 bits per heavy atom. The van der Waals surface area contributed by atoms with Crippen LogP contribution >= 0.6 is 0 Å². The summed E-state index contributed by atoms with van der Waals surface area (Å²) in [4.78, 5) is 19.6. The van der Waals surface area contributed by atoms with E-state index >= 15 is 0 Å². The molecule has 1 aromatic heterocycles. The normalized spacial score (nSPS) is 19.4. The highest BCUT2D eigenvalue weighted by atomic mass is 32.2. The van der Waals surface area contributed by atoms with Crippen molar-refractivity contribution >= 4 is 15.9 Å². The minimum atomic E-state index is -3.76. The van der Waals surface area contributed by atoms with Crippen molar-refractivity contribution in [3.63, 3.8) is 0 Å². The number of benzene rings is 1. The summed E-state index contributed by atoms with van der Waals surface area (Å²) in [5.41, 5.74) is 1.08. The molecule has 0 saturated carbocycles. The maximum atomic E-state index is 13.7. The van der Waals surface area contributed by atoms with Gasteiger partial charge < -0.3 is 19.1 Å². The highest BCUT2D eigenvalue weighted by Crippen LogP contribution is 2.27. The van der Waals surface area contributed by atoms with Gasteiger partial charge in [-0.25, -0.2) is 8.42 Å². The quantitative estimate of drug-likeness (QED) is 0.575. The molecule has 2 fully saturated rings. The van der Waals surface area contributed by atoms with Gasteiger partial charge in [-0.05, 0) is 42.7 Å². The second kappa shape index (κ2) is 10.6. The number of rotatable bonds is 8. The van der Waals surface area contributed by atoms with E-state index in [-0.39, 0.29) is 35.6 Å². The Hall–Kier alpha value is -2.53. The fourth-order valence-electron chi connectivity index (χ4n) is 4.09. The van der Waals surface area contributed by atoms with Crippen LogP contribution in [0.1, 0.15) is 28.8 Å². The SMILES string of the molecule is COc1ccc(S(=O)(=O)N2CCOCC2)cc1C(=O)N(Cc1cccnc1)CC1CCCO1. The number of ether oxygens (including phenoxy) is 3. The first-order valence-electron chi connectivity index (χ1n) is 11.0. The molecule has 0 radical (unpaired) electrons. The van der Waals surface area contributed by atoms with Crippen LogP contribution in [-0.4, -0.2) is 81.2 Å². The van der Waals surface area contributed by atoms with Crippen LogP contribution in [0.25, 0.3) is 0 Å². The average molecular weight is 476 g/mol. The van der Waals surface area contributed by atoms with Crippen molar-refractivity contribution in [2.75, 3.05) is 46.6 Å². The van der Waals surface area contributed by atoms with Crippen molar-refractivity contribution in [2.24, 2.45) is 0 Å². The van der Waals surface area contributed by atoms with Crippen LogP contribution in [0.3, 0.4) is 0 Å². The van der Waals surface area contributed by atoms with E-state index in [2.05, 4.69) is 4.98 Å². The third-order valence-corrected chi connectivity index (χ3v) is 7.74. The average Bonchev–Trinajstić information content (AvgIpc) is 3.37. The van der Waals surface area contributed by atoms with Crippen molar-refractivity contribution in [2.45, 2.75) is 30.4 Å². The van der Waals surface area contributed by atoms with Crippen molar-refractivity contribution < 1.29 is 27.4 Å². The number of pyridine rings is 1. The largest absolute Gasteiger partial charge is 0.496 e. The predicted octanol–water partition coefficient (Wildman–Crippen LogP) is 1.93. The van der Waals surface area contributed by atoms with Crippen LogP contribution < -0.4 is 4.74 Å². The predicted molar refractivity (Wildman–Crippen MR) is 121 cm³/mol. The number of nitrogens with zero attached hydrogens (tertiary/aromatic N) is 3. The fraction of sp³-hybridized carbons (Fsp3) is 0.478. The van der Waals surface area contributed by atoms with E-state index in [0.29, 0.717) is 38.7 Å². The summed E-state index contributed by atoms with van der Waals surface area (Å²) in [6.45, 7) is 2.67. The smallest absolute Gasteiger partial charge is 0.258 e. The maximum absolute atomic E-state index is 13.7. The number of hydrogen-bond acceptors (Lipinski definition) is 7. The molecule has 10 heteroatoms. The molecular formula is C23H29N3O6S. The Bertz CT molecular complexity index is 1050. The molecular weight excluding hydrogens is 446 g/mol. The summed E-state index contributed by atoms with van der Waals surface area (Å²) in [5, 5.41) is 0. The Kier molecular flexibility index (Phi) is 7.59. The first kappa shape index (κ1) is 23.6. The van der Waals surface area contributed by atoms with E-state index in [1.807, 2.05) is 12.1 Å². The second-order valence-electron chi connectivity index (χ2n) is 8.06. The lowest BCUT2D eigenvalue weighted by atomic mass is 10.1. The van der Waals surface area contributed by atoms with Gasteiger partial charge in [-0.2, -0.15) is 4.31 Å². The Balaban J connectivity index is 1.65. The summed E-state index contributed by atoms with van der Waals surface area (Å²) in [6, 6.07) is 8.15. The minimum Gasteiger partial charge on any atom is -0.496 e. The highest BCUT2D eigenvalue weighted by Gasteiger charge is 2.30. The molecule has 1 atom stereocenters. The number of amides is 1. The number of carbonyl (C=O) groups is 1. The molecule has 2 aromatic rings. The number of sulfonamides is 1. The summed E-state index contributed by atoms with van der Waals surface area (Å²) in [7, 11) is -2.29. The van der Waals surface area contributed by atoms with Crippen LogP contribution in [0.15, 0.2) is 47.6 Å². The van der Waals surface area contributed by atoms with Gasteiger partial charge in [0.05, 0.1) is 36.9 Å². The molecule has 2 saturated heterocycles. The van der Waals surface area contributed by atoms with Crippen molar-refractivity contribution in [1.29, 1.82) is 0 Å². The summed E-state index contributed by atoms with van der Waals surface area (Å²) >= 11 is 0. The van der Waals surface area contributed by atoms with Crippen LogP contribution in [0.4, 0.5) is 0 Å². The van der Waals surface area contributed by atoms with E-state index in [4.69, 9.17) is 14.2 Å². The van der Waals surface area contributed by atoms with Gasteiger partial charge in [0, 0.05) is 45.2 Å². The van der Waals surface area contributed by atoms with E-state index in [1.165, 1.54) is 29.6 Å². The lowest BCUT2D eigenvalue weighted by Gasteiger charge is -2.28. The van der Waals surface area contributed by atoms with Crippen LogP contribution in [-0.2, 0) is 26.0 Å². The zero-order valence-corrected chi connectivity index (χ0v) is 19.5. The van der Waals surface area contributed by atoms with Gasteiger partial charge in [0.1, 0.15) is 5.75 Å². The van der Waals surface area contributed by atoms with Gasteiger partial charge in [-0.15, -0.1) is 0 Å². The van der Waals surface area contributed by atoms with Gasteiger partial charge in [-0.3, -0.25) is 9.78 Å². The molecule has 2 aliphatic rings. The number of methoxy groups -OCH3 is 1. The molecule has 33 heavy (non-hydrogen) atoms. The molecule has 0 bridgehead atoms. The van der Waals surface area contributed by atoms with E-state index in [1.54, 1.807) is 17.3 Å². The molecule has 3 heterocycles. The molecule has 1 unspecified atom stereocenters. The van der Waals surface area contributed by atoms with E-state index in [0.717, 1.165) is 18.4 Å². The van der Waals surface area contributed by atoms with Gasteiger partial charge in [-0.1, -0.05) is 6.07 Å². The van der Waals surface area contributed by atoms with Gasteiger partial charge in [0.2, 0.25) is 10.0 Å². The molecule has 178 valence electrons. The van der Waals surface area contributed by atoms with Crippen molar-refractivity contribution in [1.82, 2.24) is 14.2 Å². The van der Waals surface area contributed by atoms with Crippen LogP contribution in [0.5, 0.6) is 5.75 Å². The molecule has 0 aliphatic carbocycles. The lowest BCUT2D eigenvalue weighted by Crippen LogP contribution is -2.40. The first-order chi connectivity index (χ1) is 16.0. The Morgan fingerprint density at radius 2 is 2.06 bits per heavy atom. The summed E-state index contributed by atoms with van der Waals surface area (Å²) in [5.74, 6) is 0.00897. The molecule has 1 amide bonds. The Labute approximate surface area is 194 Å². The number of carbonyl (C=O) groups excluding carboxylic acids is 1. The topological polar surface area (TPSA) is 98.3 Å². The van der Waals surface area contributed by atoms with Gasteiger partial charge in [0.15, 0.2) is 0 Å². The van der Waals surface area contributed by atoms with Gasteiger partial charge >= 0.3 is 0 Å². The molecule has 0 spiro atoms. The fourth-order valence-corrected chi connectivity index (χ4v) is 5.52. The molecule has 9 nitrogen and oxygen atoms in total. The standard InChI is InChI=1S/C23H29N3O6S/c1-30-22-7-6-20(33(28,29)26-9-12-31-13-10-26)14-21(22)23(27)25(17-19-5-3-11-32-19)16-18-4-2-8-24-15-18/h2,4,6-8,14-15,19H,3,5,9-13,16-17H2,1H3. The van der Waals surface area contributed by atoms with Gasteiger partial charge in [0.25, 0.3) is 5.91 Å². The number of morpholine rings is 1. The number of hydrogen-bond donors (Lipinski definition) is 0. The maximum Gasteiger partial charge on any atom is 0.258 e. The lowest BCUT2D eigenvalue weighted by molar-refractivity contribution is 0.0504. The van der Waals surface area contributed by atoms with Crippen LogP contribution in [0.2, 0.25) is 0 Å². The third-order valence-electron chi connectivity index (χ3n) is 5.84. The summed E-state index contributed by atoms with van der Waals surface area (Å²) < 4.78 is 44.2. The molecule has 0 N–H and O–H groups in total. The zero-order chi connectivity index (χ0) is 23.3. The zero-order valence-electron chi connectivity index (χ0n) is 18.7. The van der Waals surface area contributed by atoms with Crippen molar-refractivity contribution in [3.8, 4) is 5.75 Å².